The highest BCUT2D eigenvalue weighted by molar-refractivity contribution is 5.29. The summed E-state index contributed by atoms with van der Waals surface area (Å²) in [6, 6.07) is 9.94. The first-order chi connectivity index (χ1) is 15.2. The van der Waals surface area contributed by atoms with Crippen LogP contribution in [0.15, 0.2) is 115 Å². The standard InChI is InChI=1S/C24H29NO2.2C2H6/c1-5-9-11-18-24(27-23(15-7-3)21(25)14-6-2)22(8-4)26-19-20-16-12-10-13-17-20;2*1-2/h5-17H,1,4,18-19,25H2,2-3H3;2*1-2H3/b11-9-,14-6-,15-7-,23-21-,24-22-;;. The van der Waals surface area contributed by atoms with Crippen molar-refractivity contribution in [1.82, 2.24) is 0 Å². The molecule has 0 amide bonds. The number of nitrogens with two attached hydrogens (primary N) is 1. The molecule has 0 unspecified atom stereocenters. The Morgan fingerprint density at radius 2 is 1.55 bits per heavy atom. The van der Waals surface area contributed by atoms with E-state index < -0.39 is 0 Å². The predicted molar refractivity (Wildman–Crippen MR) is 137 cm³/mol. The highest BCUT2D eigenvalue weighted by atomic mass is 16.5. The molecule has 0 spiro atoms. The lowest BCUT2D eigenvalue weighted by atomic mass is 10.2. The molecule has 170 valence electrons. The minimum Gasteiger partial charge on any atom is -0.485 e. The first-order valence-corrected chi connectivity index (χ1v) is 10.9. The van der Waals surface area contributed by atoms with Crippen LogP contribution < -0.4 is 5.73 Å². The molecule has 0 heterocycles. The van der Waals surface area contributed by atoms with Gasteiger partial charge in [0.05, 0.1) is 5.70 Å². The third-order valence-electron chi connectivity index (χ3n) is 3.45. The van der Waals surface area contributed by atoms with Crippen LogP contribution >= 0.6 is 0 Å². The van der Waals surface area contributed by atoms with Gasteiger partial charge < -0.3 is 15.2 Å². The van der Waals surface area contributed by atoms with Crippen molar-refractivity contribution in [3.63, 3.8) is 0 Å². The molecule has 0 saturated heterocycles. The molecule has 0 saturated carbocycles. The number of ether oxygens (including phenoxy) is 2. The van der Waals surface area contributed by atoms with Crippen LogP contribution in [0.3, 0.4) is 0 Å². The summed E-state index contributed by atoms with van der Waals surface area (Å²) in [6.45, 7) is 19.8. The van der Waals surface area contributed by atoms with E-state index in [1.54, 1.807) is 18.2 Å². The summed E-state index contributed by atoms with van der Waals surface area (Å²) >= 11 is 0. The van der Waals surface area contributed by atoms with Crippen LogP contribution in [-0.2, 0) is 16.1 Å². The highest BCUT2D eigenvalue weighted by Crippen LogP contribution is 2.21. The van der Waals surface area contributed by atoms with Crippen molar-refractivity contribution >= 4 is 0 Å². The molecule has 0 aromatic heterocycles. The quantitative estimate of drug-likeness (QED) is 0.289. The van der Waals surface area contributed by atoms with Gasteiger partial charge in [0.25, 0.3) is 0 Å². The Kier molecular flexibility index (Phi) is 20.8. The lowest BCUT2D eigenvalue weighted by molar-refractivity contribution is 0.180. The maximum atomic E-state index is 6.12. The van der Waals surface area contributed by atoms with Crippen molar-refractivity contribution in [2.24, 2.45) is 5.73 Å². The molecule has 0 radical (unpaired) electrons. The molecular weight excluding hydrogens is 382 g/mol. The lowest BCUT2D eigenvalue weighted by Gasteiger charge is -2.16. The van der Waals surface area contributed by atoms with Gasteiger partial charge in [-0.2, -0.15) is 0 Å². The first kappa shape index (κ1) is 30.0. The van der Waals surface area contributed by atoms with E-state index in [4.69, 9.17) is 15.2 Å². The van der Waals surface area contributed by atoms with Crippen LogP contribution in [0.5, 0.6) is 0 Å². The second-order valence-electron chi connectivity index (χ2n) is 5.56. The van der Waals surface area contributed by atoms with Gasteiger partial charge in [0, 0.05) is 6.42 Å². The van der Waals surface area contributed by atoms with Crippen molar-refractivity contribution in [2.75, 3.05) is 0 Å². The van der Waals surface area contributed by atoms with Crippen LogP contribution in [0, 0.1) is 0 Å². The second kappa shape index (κ2) is 21.5. The molecule has 31 heavy (non-hydrogen) atoms. The summed E-state index contributed by atoms with van der Waals surface area (Å²) in [7, 11) is 0. The molecule has 3 nitrogen and oxygen atoms in total. The largest absolute Gasteiger partial charge is 0.485 e. The van der Waals surface area contributed by atoms with E-state index >= 15 is 0 Å². The van der Waals surface area contributed by atoms with Crippen molar-refractivity contribution in [2.45, 2.75) is 54.6 Å². The number of rotatable bonds is 11. The van der Waals surface area contributed by atoms with Crippen LogP contribution in [0.2, 0.25) is 0 Å². The fraction of sp³-hybridized carbons (Fsp3) is 0.286. The monoisotopic (exact) mass is 423 g/mol. The molecule has 0 aliphatic rings. The van der Waals surface area contributed by atoms with E-state index in [2.05, 4.69) is 13.2 Å². The summed E-state index contributed by atoms with van der Waals surface area (Å²) < 4.78 is 12.1. The molecule has 0 atom stereocenters. The van der Waals surface area contributed by atoms with E-state index in [1.807, 2.05) is 102 Å². The Balaban J connectivity index is 0. The van der Waals surface area contributed by atoms with Crippen LogP contribution in [-0.4, -0.2) is 0 Å². The third kappa shape index (κ3) is 13.6. The molecule has 0 aliphatic carbocycles. The molecular formula is C28H41NO2. The zero-order valence-electron chi connectivity index (χ0n) is 20.2. The van der Waals surface area contributed by atoms with Gasteiger partial charge in [-0.05, 0) is 37.6 Å². The van der Waals surface area contributed by atoms with Gasteiger partial charge in [0.15, 0.2) is 5.76 Å². The zero-order valence-corrected chi connectivity index (χ0v) is 20.2. The van der Waals surface area contributed by atoms with Gasteiger partial charge >= 0.3 is 0 Å². The smallest absolute Gasteiger partial charge is 0.157 e. The molecule has 0 fully saturated rings. The summed E-state index contributed by atoms with van der Waals surface area (Å²) in [5.41, 5.74) is 7.72. The fourth-order valence-electron chi connectivity index (χ4n) is 2.19. The molecule has 0 bridgehead atoms. The van der Waals surface area contributed by atoms with Gasteiger partial charge in [-0.1, -0.05) is 102 Å². The molecule has 3 heteroatoms. The van der Waals surface area contributed by atoms with Crippen molar-refractivity contribution in [3.8, 4) is 0 Å². The average molecular weight is 424 g/mol. The second-order valence-corrected chi connectivity index (χ2v) is 5.56. The number of hydrogen-bond donors (Lipinski definition) is 1. The van der Waals surface area contributed by atoms with E-state index in [1.165, 1.54) is 0 Å². The molecule has 1 rings (SSSR count). The van der Waals surface area contributed by atoms with Crippen LogP contribution in [0.1, 0.15) is 53.5 Å². The van der Waals surface area contributed by atoms with E-state index in [9.17, 15) is 0 Å². The Morgan fingerprint density at radius 3 is 2.06 bits per heavy atom. The minimum atomic E-state index is 0.424. The number of hydrogen-bond acceptors (Lipinski definition) is 3. The Hall–Kier alpha value is -3.20. The topological polar surface area (TPSA) is 44.5 Å². The van der Waals surface area contributed by atoms with E-state index in [0.717, 1.165) is 5.56 Å². The van der Waals surface area contributed by atoms with Crippen molar-refractivity contribution < 1.29 is 9.47 Å². The molecule has 2 N–H and O–H groups in total. The maximum absolute atomic E-state index is 6.12. The minimum absolute atomic E-state index is 0.424. The molecule has 1 aromatic carbocycles. The summed E-state index contributed by atoms with van der Waals surface area (Å²) in [6.07, 6.45) is 15.0. The van der Waals surface area contributed by atoms with Gasteiger partial charge in [0.2, 0.25) is 0 Å². The van der Waals surface area contributed by atoms with Crippen LogP contribution in [0.4, 0.5) is 0 Å². The molecule has 1 aromatic rings. The Bertz CT molecular complexity index is 750. The van der Waals surface area contributed by atoms with Crippen molar-refractivity contribution in [1.29, 1.82) is 0 Å². The summed E-state index contributed by atoms with van der Waals surface area (Å²) in [4.78, 5) is 0. The third-order valence-corrected chi connectivity index (χ3v) is 3.45. The Morgan fingerprint density at radius 1 is 0.935 bits per heavy atom. The summed E-state index contributed by atoms with van der Waals surface area (Å²) in [5.74, 6) is 1.75. The SMILES string of the molecule is C=C/C=C\C/C(OC(/C=C\C)=C(N)/C=C\C)=C(\C=C)OCc1ccccc1.CC.CC. The lowest BCUT2D eigenvalue weighted by Crippen LogP contribution is -2.05. The zero-order chi connectivity index (χ0) is 23.9. The van der Waals surface area contributed by atoms with Gasteiger partial charge in [-0.15, -0.1) is 0 Å². The first-order valence-electron chi connectivity index (χ1n) is 10.9. The van der Waals surface area contributed by atoms with E-state index in [-0.39, 0.29) is 0 Å². The highest BCUT2D eigenvalue weighted by Gasteiger charge is 2.10. The van der Waals surface area contributed by atoms with Crippen molar-refractivity contribution in [3.05, 3.63) is 121 Å². The van der Waals surface area contributed by atoms with Crippen LogP contribution in [0.25, 0.3) is 0 Å². The van der Waals surface area contributed by atoms with Gasteiger partial charge in [-0.25, -0.2) is 0 Å². The molecule has 0 aliphatic heterocycles. The predicted octanol–water partition coefficient (Wildman–Crippen LogP) is 8.12. The average Bonchev–Trinajstić information content (AvgIpc) is 2.82. The van der Waals surface area contributed by atoms with E-state index in [0.29, 0.717) is 36.0 Å². The van der Waals surface area contributed by atoms with Gasteiger partial charge in [0.1, 0.15) is 18.1 Å². The Labute approximate surface area is 190 Å². The number of allylic oxidation sites excluding steroid dienone is 8. The summed E-state index contributed by atoms with van der Waals surface area (Å²) in [5, 5.41) is 0. The fourth-order valence-corrected chi connectivity index (χ4v) is 2.19. The normalized spacial score (nSPS) is 12.2. The van der Waals surface area contributed by atoms with Gasteiger partial charge in [-0.3, -0.25) is 0 Å². The maximum Gasteiger partial charge on any atom is 0.157 e. The number of benzene rings is 1.